The molecule has 0 aliphatic heterocycles. The lowest BCUT2D eigenvalue weighted by Gasteiger charge is -2.29. The van der Waals surface area contributed by atoms with Gasteiger partial charge in [-0.3, -0.25) is 4.79 Å². The van der Waals surface area contributed by atoms with Gasteiger partial charge in [0.05, 0.1) is 0 Å². The largest absolute Gasteiger partial charge is 0.374 e. The lowest BCUT2D eigenvalue weighted by atomic mass is 9.88. The first kappa shape index (κ1) is 12.7. The number of aldehydes is 1. The fourth-order valence-corrected chi connectivity index (χ4v) is 4.23. The molecule has 0 spiro atoms. The van der Waals surface area contributed by atoms with Crippen molar-refractivity contribution in [1.82, 2.24) is 0 Å². The third kappa shape index (κ3) is 2.41. The molecule has 2 fully saturated rings. The molecule has 0 amide bonds. The summed E-state index contributed by atoms with van der Waals surface area (Å²) >= 11 is 0. The van der Waals surface area contributed by atoms with E-state index in [1.54, 1.807) is 0 Å². The molecule has 3 unspecified atom stereocenters. The summed E-state index contributed by atoms with van der Waals surface area (Å²) in [5, 5.41) is 0. The minimum absolute atomic E-state index is 0.773. The second-order valence-corrected chi connectivity index (χ2v) is 6.48. The number of fused-ring (bicyclic) bond motifs is 2. The van der Waals surface area contributed by atoms with Crippen LogP contribution >= 0.6 is 0 Å². The zero-order chi connectivity index (χ0) is 13.4. The number of rotatable bonds is 4. The van der Waals surface area contributed by atoms with Crippen LogP contribution in [0.15, 0.2) is 18.2 Å². The molecule has 19 heavy (non-hydrogen) atoms. The van der Waals surface area contributed by atoms with Gasteiger partial charge in [0.25, 0.3) is 0 Å². The van der Waals surface area contributed by atoms with Gasteiger partial charge in [0.15, 0.2) is 0 Å². The minimum Gasteiger partial charge on any atom is -0.374 e. The average Bonchev–Trinajstić information content (AvgIpc) is 3.00. The number of aryl methyl sites for hydroxylation is 1. The predicted octanol–water partition coefficient (Wildman–Crippen LogP) is 3.68. The van der Waals surface area contributed by atoms with E-state index in [1.807, 2.05) is 12.1 Å². The Bertz CT molecular complexity index is 482. The Balaban J connectivity index is 1.70. The summed E-state index contributed by atoms with van der Waals surface area (Å²) in [7, 11) is 2.19. The van der Waals surface area contributed by atoms with Gasteiger partial charge in [0, 0.05) is 24.8 Å². The van der Waals surface area contributed by atoms with Gasteiger partial charge in [0.2, 0.25) is 0 Å². The Morgan fingerprint density at radius 2 is 2.16 bits per heavy atom. The minimum atomic E-state index is 0.773. The second-order valence-electron chi connectivity index (χ2n) is 6.48. The molecule has 0 radical (unpaired) electrons. The summed E-state index contributed by atoms with van der Waals surface area (Å²) in [4.78, 5) is 13.2. The molecule has 2 saturated carbocycles. The third-order valence-corrected chi connectivity index (χ3v) is 5.16. The summed E-state index contributed by atoms with van der Waals surface area (Å²) in [5.74, 6) is 2.87. The van der Waals surface area contributed by atoms with Crippen LogP contribution in [-0.4, -0.2) is 19.9 Å². The fourth-order valence-electron chi connectivity index (χ4n) is 4.23. The smallest absolute Gasteiger partial charge is 0.150 e. The molecule has 3 rings (SSSR count). The van der Waals surface area contributed by atoms with Crippen LogP contribution in [0.3, 0.4) is 0 Å². The maximum atomic E-state index is 10.8. The SMILES string of the molecule is Cc1cc(C=O)ccc1N(C)CC1CC2CCC1C2. The van der Waals surface area contributed by atoms with Gasteiger partial charge in [0.1, 0.15) is 6.29 Å². The third-order valence-electron chi connectivity index (χ3n) is 5.16. The summed E-state index contributed by atoms with van der Waals surface area (Å²) in [6.07, 6.45) is 6.75. The first-order valence-electron chi connectivity index (χ1n) is 7.44. The van der Waals surface area contributed by atoms with Gasteiger partial charge in [-0.05, 0) is 67.7 Å². The molecule has 0 aromatic heterocycles. The van der Waals surface area contributed by atoms with Crippen LogP contribution in [0.1, 0.15) is 41.6 Å². The molecular formula is C17H23NO. The van der Waals surface area contributed by atoms with E-state index in [2.05, 4.69) is 24.9 Å². The first-order chi connectivity index (χ1) is 9.17. The highest BCUT2D eigenvalue weighted by atomic mass is 16.1. The van der Waals surface area contributed by atoms with Gasteiger partial charge >= 0.3 is 0 Å². The maximum Gasteiger partial charge on any atom is 0.150 e. The van der Waals surface area contributed by atoms with Crippen molar-refractivity contribution in [3.05, 3.63) is 29.3 Å². The summed E-state index contributed by atoms with van der Waals surface area (Å²) in [6.45, 7) is 3.27. The summed E-state index contributed by atoms with van der Waals surface area (Å²) < 4.78 is 0. The van der Waals surface area contributed by atoms with E-state index in [-0.39, 0.29) is 0 Å². The molecule has 3 atom stereocenters. The Morgan fingerprint density at radius 3 is 2.74 bits per heavy atom. The molecule has 0 saturated heterocycles. The molecule has 102 valence electrons. The monoisotopic (exact) mass is 257 g/mol. The number of carbonyl (C=O) groups is 1. The van der Waals surface area contributed by atoms with Crippen molar-refractivity contribution >= 4 is 12.0 Å². The zero-order valence-electron chi connectivity index (χ0n) is 11.9. The van der Waals surface area contributed by atoms with Crippen LogP contribution in [-0.2, 0) is 0 Å². The molecule has 0 heterocycles. The highest BCUT2D eigenvalue weighted by Gasteiger charge is 2.39. The van der Waals surface area contributed by atoms with Gasteiger partial charge < -0.3 is 4.90 Å². The molecule has 1 aromatic carbocycles. The quantitative estimate of drug-likeness (QED) is 0.767. The van der Waals surface area contributed by atoms with Crippen molar-refractivity contribution in [3.8, 4) is 0 Å². The van der Waals surface area contributed by atoms with Gasteiger partial charge in [-0.1, -0.05) is 6.42 Å². The zero-order valence-corrected chi connectivity index (χ0v) is 11.9. The number of nitrogens with zero attached hydrogens (tertiary/aromatic N) is 1. The molecule has 2 aliphatic carbocycles. The first-order valence-corrected chi connectivity index (χ1v) is 7.44. The lowest BCUT2D eigenvalue weighted by molar-refractivity contribution is 0.112. The molecular weight excluding hydrogens is 234 g/mol. The summed E-state index contributed by atoms with van der Waals surface area (Å²) in [6, 6.07) is 6.00. The number of benzene rings is 1. The number of hydrogen-bond donors (Lipinski definition) is 0. The topological polar surface area (TPSA) is 20.3 Å². The predicted molar refractivity (Wildman–Crippen MR) is 78.8 cm³/mol. The van der Waals surface area contributed by atoms with Gasteiger partial charge in [-0.15, -0.1) is 0 Å². The molecule has 2 aliphatic rings. The van der Waals surface area contributed by atoms with Crippen LogP contribution in [0.5, 0.6) is 0 Å². The Kier molecular flexibility index (Phi) is 3.34. The lowest BCUT2D eigenvalue weighted by Crippen LogP contribution is -2.29. The van der Waals surface area contributed by atoms with Crippen LogP contribution in [0.2, 0.25) is 0 Å². The average molecular weight is 257 g/mol. The van der Waals surface area contributed by atoms with E-state index in [0.717, 1.165) is 29.6 Å². The van der Waals surface area contributed by atoms with Crippen molar-refractivity contribution in [2.24, 2.45) is 17.8 Å². The summed E-state index contributed by atoms with van der Waals surface area (Å²) in [5.41, 5.74) is 3.25. The molecule has 1 aromatic rings. The van der Waals surface area contributed by atoms with Crippen LogP contribution in [0.25, 0.3) is 0 Å². The Hall–Kier alpha value is -1.31. The Morgan fingerprint density at radius 1 is 1.32 bits per heavy atom. The van der Waals surface area contributed by atoms with E-state index in [0.29, 0.717) is 0 Å². The molecule has 2 heteroatoms. The van der Waals surface area contributed by atoms with Crippen LogP contribution < -0.4 is 4.90 Å². The highest BCUT2D eigenvalue weighted by molar-refractivity contribution is 5.76. The van der Waals surface area contributed by atoms with Crippen molar-refractivity contribution in [3.63, 3.8) is 0 Å². The van der Waals surface area contributed by atoms with Crippen LogP contribution in [0.4, 0.5) is 5.69 Å². The van der Waals surface area contributed by atoms with E-state index in [4.69, 9.17) is 0 Å². The normalized spacial score (nSPS) is 28.6. The van der Waals surface area contributed by atoms with Crippen molar-refractivity contribution in [2.45, 2.75) is 32.6 Å². The molecule has 2 nitrogen and oxygen atoms in total. The van der Waals surface area contributed by atoms with Crippen LogP contribution in [0, 0.1) is 24.7 Å². The highest BCUT2D eigenvalue weighted by Crippen LogP contribution is 2.48. The van der Waals surface area contributed by atoms with E-state index in [9.17, 15) is 4.79 Å². The fraction of sp³-hybridized carbons (Fsp3) is 0.588. The number of anilines is 1. The van der Waals surface area contributed by atoms with Gasteiger partial charge in [-0.2, -0.15) is 0 Å². The molecule has 0 N–H and O–H groups in total. The second kappa shape index (κ2) is 4.99. The van der Waals surface area contributed by atoms with Crippen molar-refractivity contribution in [2.75, 3.05) is 18.5 Å². The maximum absolute atomic E-state index is 10.8. The number of carbonyl (C=O) groups excluding carboxylic acids is 1. The Labute approximate surface area is 115 Å². The van der Waals surface area contributed by atoms with E-state index in [1.165, 1.54) is 43.5 Å². The van der Waals surface area contributed by atoms with Crippen molar-refractivity contribution in [1.29, 1.82) is 0 Å². The van der Waals surface area contributed by atoms with Gasteiger partial charge in [-0.25, -0.2) is 0 Å². The van der Waals surface area contributed by atoms with Crippen molar-refractivity contribution < 1.29 is 4.79 Å². The van der Waals surface area contributed by atoms with E-state index < -0.39 is 0 Å². The van der Waals surface area contributed by atoms with E-state index >= 15 is 0 Å². The number of hydrogen-bond acceptors (Lipinski definition) is 2. The molecule has 2 bridgehead atoms. The standard InChI is InChI=1S/C17H23NO/c1-12-7-14(11-19)4-6-17(12)18(2)10-16-9-13-3-5-15(16)8-13/h4,6-7,11,13,15-16H,3,5,8-10H2,1-2H3.